The van der Waals surface area contributed by atoms with Gasteiger partial charge in [-0.05, 0) is 30.7 Å². The molecule has 0 unspecified atom stereocenters. The second-order valence-electron chi connectivity index (χ2n) is 6.00. The van der Waals surface area contributed by atoms with Gasteiger partial charge < -0.3 is 9.26 Å². The summed E-state index contributed by atoms with van der Waals surface area (Å²) in [7, 11) is 1.57. The molecule has 9 heteroatoms. The lowest BCUT2D eigenvalue weighted by Crippen LogP contribution is -2.30. The summed E-state index contributed by atoms with van der Waals surface area (Å²) in [4.78, 5) is 23.5. The van der Waals surface area contributed by atoms with E-state index >= 15 is 0 Å². The van der Waals surface area contributed by atoms with Crippen molar-refractivity contribution in [1.82, 2.24) is 15.1 Å². The standard InChI is InChI=1S/C19H15ClN4O3S/c1-11-8-14(23-27-11)18(25)24(10-12-4-3-7-21-9-12)19-22-16-15(26-2)6-5-13(20)17(16)28-19/h3-9H,10H2,1-2H3. The minimum atomic E-state index is -0.324. The van der Waals surface area contributed by atoms with Crippen molar-refractivity contribution in [3.63, 3.8) is 0 Å². The summed E-state index contributed by atoms with van der Waals surface area (Å²) in [5, 5.41) is 4.88. The first-order chi connectivity index (χ1) is 13.6. The van der Waals surface area contributed by atoms with Crippen LogP contribution in [-0.4, -0.2) is 28.1 Å². The number of halogens is 1. The maximum Gasteiger partial charge on any atom is 0.282 e. The van der Waals surface area contributed by atoms with Crippen LogP contribution >= 0.6 is 22.9 Å². The molecule has 0 N–H and O–H groups in total. The molecule has 1 aromatic carbocycles. The number of ether oxygens (including phenoxy) is 1. The third-order valence-corrected chi connectivity index (χ3v) is 5.59. The Hall–Kier alpha value is -2.97. The van der Waals surface area contributed by atoms with E-state index in [0.29, 0.717) is 27.2 Å². The summed E-state index contributed by atoms with van der Waals surface area (Å²) < 4.78 is 11.2. The van der Waals surface area contributed by atoms with Gasteiger partial charge in [0.25, 0.3) is 5.91 Å². The van der Waals surface area contributed by atoms with Gasteiger partial charge in [-0.15, -0.1) is 0 Å². The SMILES string of the molecule is COc1ccc(Cl)c2sc(N(Cc3cccnc3)C(=O)c3cc(C)on3)nc12. The number of rotatable bonds is 5. The number of hydrogen-bond acceptors (Lipinski definition) is 7. The molecule has 0 bridgehead atoms. The van der Waals surface area contributed by atoms with Gasteiger partial charge in [0.05, 0.1) is 23.4 Å². The number of hydrogen-bond donors (Lipinski definition) is 0. The Morgan fingerprint density at radius 2 is 2.21 bits per heavy atom. The molecule has 0 aliphatic carbocycles. The molecule has 3 aromatic heterocycles. The van der Waals surface area contributed by atoms with Crippen LogP contribution in [0.2, 0.25) is 5.02 Å². The van der Waals surface area contributed by atoms with Crippen molar-refractivity contribution >= 4 is 44.2 Å². The first-order valence-electron chi connectivity index (χ1n) is 8.34. The maximum absolute atomic E-state index is 13.2. The smallest absolute Gasteiger partial charge is 0.282 e. The number of thiazole rings is 1. The Kier molecular flexibility index (Phi) is 4.97. The van der Waals surface area contributed by atoms with Gasteiger partial charge in [-0.1, -0.05) is 34.2 Å². The fraction of sp³-hybridized carbons (Fsp3) is 0.158. The van der Waals surface area contributed by atoms with Crippen molar-refractivity contribution in [1.29, 1.82) is 0 Å². The van der Waals surface area contributed by atoms with Crippen LogP contribution in [0.1, 0.15) is 21.8 Å². The predicted octanol–water partition coefficient (Wildman–Crippen LogP) is 4.50. The van der Waals surface area contributed by atoms with Crippen molar-refractivity contribution in [2.24, 2.45) is 0 Å². The van der Waals surface area contributed by atoms with Crippen LogP contribution in [0.4, 0.5) is 5.13 Å². The molecular formula is C19H15ClN4O3S. The number of carbonyl (C=O) groups excluding carboxylic acids is 1. The number of amides is 1. The van der Waals surface area contributed by atoms with Crippen molar-refractivity contribution in [3.05, 3.63) is 64.8 Å². The number of aromatic nitrogens is 3. The fourth-order valence-electron chi connectivity index (χ4n) is 2.73. The summed E-state index contributed by atoms with van der Waals surface area (Å²) in [6.07, 6.45) is 3.38. The number of carbonyl (C=O) groups is 1. The highest BCUT2D eigenvalue weighted by atomic mass is 35.5. The van der Waals surface area contributed by atoms with E-state index in [9.17, 15) is 4.79 Å². The molecule has 0 radical (unpaired) electrons. The molecule has 0 atom stereocenters. The molecular weight excluding hydrogens is 400 g/mol. The topological polar surface area (TPSA) is 81.4 Å². The number of fused-ring (bicyclic) bond motifs is 1. The van der Waals surface area contributed by atoms with Gasteiger partial charge in [-0.25, -0.2) is 4.98 Å². The molecule has 142 valence electrons. The molecule has 0 aliphatic heterocycles. The summed E-state index contributed by atoms with van der Waals surface area (Å²) in [6, 6.07) is 8.81. The summed E-state index contributed by atoms with van der Waals surface area (Å²) in [5.41, 5.74) is 1.67. The molecule has 7 nitrogen and oxygen atoms in total. The monoisotopic (exact) mass is 414 g/mol. The summed E-state index contributed by atoms with van der Waals surface area (Å²) >= 11 is 7.65. The zero-order valence-electron chi connectivity index (χ0n) is 15.0. The van der Waals surface area contributed by atoms with Gasteiger partial charge in [0.15, 0.2) is 10.8 Å². The van der Waals surface area contributed by atoms with E-state index in [-0.39, 0.29) is 18.1 Å². The average Bonchev–Trinajstić information content (AvgIpc) is 3.34. The quantitative estimate of drug-likeness (QED) is 0.478. The van der Waals surface area contributed by atoms with Crippen LogP contribution < -0.4 is 9.64 Å². The Morgan fingerprint density at radius 3 is 2.89 bits per heavy atom. The minimum absolute atomic E-state index is 0.207. The lowest BCUT2D eigenvalue weighted by Gasteiger charge is -2.18. The fourth-order valence-corrected chi connectivity index (χ4v) is 3.98. The van der Waals surface area contributed by atoms with Crippen LogP contribution in [-0.2, 0) is 6.54 Å². The molecule has 3 heterocycles. The lowest BCUT2D eigenvalue weighted by molar-refractivity contribution is 0.0976. The Labute approximate surface area is 169 Å². The highest BCUT2D eigenvalue weighted by molar-refractivity contribution is 7.23. The molecule has 0 fully saturated rings. The summed E-state index contributed by atoms with van der Waals surface area (Å²) in [5.74, 6) is 0.821. The molecule has 4 aromatic rings. The molecule has 0 spiro atoms. The van der Waals surface area contributed by atoms with Gasteiger partial charge in [0.1, 0.15) is 17.0 Å². The van der Waals surface area contributed by atoms with Crippen molar-refractivity contribution in [2.75, 3.05) is 12.0 Å². The van der Waals surface area contributed by atoms with E-state index in [2.05, 4.69) is 15.1 Å². The first kappa shape index (κ1) is 18.4. The van der Waals surface area contributed by atoms with E-state index < -0.39 is 0 Å². The Morgan fingerprint density at radius 1 is 1.36 bits per heavy atom. The van der Waals surface area contributed by atoms with E-state index in [4.69, 9.17) is 20.9 Å². The molecule has 0 saturated heterocycles. The lowest BCUT2D eigenvalue weighted by atomic mass is 10.2. The van der Waals surface area contributed by atoms with Crippen molar-refractivity contribution in [2.45, 2.75) is 13.5 Å². The number of aryl methyl sites for hydroxylation is 1. The van der Waals surface area contributed by atoms with Crippen molar-refractivity contribution in [3.8, 4) is 5.75 Å². The van der Waals surface area contributed by atoms with Crippen LogP contribution in [0.25, 0.3) is 10.2 Å². The number of nitrogens with zero attached hydrogens (tertiary/aromatic N) is 4. The third-order valence-electron chi connectivity index (χ3n) is 4.05. The molecule has 28 heavy (non-hydrogen) atoms. The number of pyridine rings is 1. The van der Waals surface area contributed by atoms with Gasteiger partial charge in [-0.3, -0.25) is 14.7 Å². The highest BCUT2D eigenvalue weighted by Gasteiger charge is 2.25. The molecule has 4 rings (SSSR count). The largest absolute Gasteiger partial charge is 0.494 e. The van der Waals surface area contributed by atoms with Gasteiger partial charge in [0.2, 0.25) is 0 Å². The van der Waals surface area contributed by atoms with Crippen molar-refractivity contribution < 1.29 is 14.1 Å². The van der Waals surface area contributed by atoms with E-state index in [1.807, 2.05) is 12.1 Å². The van der Waals surface area contributed by atoms with Crippen LogP contribution in [0, 0.1) is 6.92 Å². The summed E-state index contributed by atoms with van der Waals surface area (Å²) in [6.45, 7) is 2.01. The van der Waals surface area contributed by atoms with E-state index in [1.165, 1.54) is 16.2 Å². The zero-order chi connectivity index (χ0) is 19.7. The molecule has 0 aliphatic rings. The van der Waals surface area contributed by atoms with Crippen LogP contribution in [0.5, 0.6) is 5.75 Å². The predicted molar refractivity (Wildman–Crippen MR) is 107 cm³/mol. The Bertz CT molecular complexity index is 1140. The van der Waals surface area contributed by atoms with Gasteiger partial charge in [0, 0.05) is 18.5 Å². The first-order valence-corrected chi connectivity index (χ1v) is 9.53. The highest BCUT2D eigenvalue weighted by Crippen LogP contribution is 2.39. The average molecular weight is 415 g/mol. The van der Waals surface area contributed by atoms with Gasteiger partial charge in [-0.2, -0.15) is 0 Å². The van der Waals surface area contributed by atoms with E-state index in [0.717, 1.165) is 10.3 Å². The Balaban J connectivity index is 1.82. The van der Waals surface area contributed by atoms with Gasteiger partial charge >= 0.3 is 0 Å². The van der Waals surface area contributed by atoms with E-state index in [1.54, 1.807) is 44.6 Å². The molecule has 1 amide bonds. The van der Waals surface area contributed by atoms with Crippen LogP contribution in [0.15, 0.2) is 47.2 Å². The minimum Gasteiger partial charge on any atom is -0.494 e. The maximum atomic E-state index is 13.2. The normalized spacial score (nSPS) is 11.0. The van der Waals surface area contributed by atoms with Crippen LogP contribution in [0.3, 0.4) is 0 Å². The number of benzene rings is 1. The second kappa shape index (κ2) is 7.57. The number of methoxy groups -OCH3 is 1. The molecule has 0 saturated carbocycles. The zero-order valence-corrected chi connectivity index (χ0v) is 16.6. The second-order valence-corrected chi connectivity index (χ2v) is 7.38. The third kappa shape index (κ3) is 3.44. The number of anilines is 1.